The van der Waals surface area contributed by atoms with E-state index in [1.165, 1.54) is 0 Å². The van der Waals surface area contributed by atoms with E-state index >= 15 is 0 Å². The SMILES string of the molecule is CCCOc1cccc(C(O)=C2C(=O)C(=O)N(CCN(CC)CC)C2c2ccc(OCC)cc2)c1. The molecule has 2 aromatic carbocycles. The molecule has 0 saturated carbocycles. The molecule has 35 heavy (non-hydrogen) atoms. The largest absolute Gasteiger partial charge is 0.507 e. The van der Waals surface area contributed by atoms with Crippen LogP contribution in [0.25, 0.3) is 5.76 Å². The second kappa shape index (κ2) is 12.4. The van der Waals surface area contributed by atoms with Crippen LogP contribution in [0.4, 0.5) is 0 Å². The summed E-state index contributed by atoms with van der Waals surface area (Å²) in [6.45, 7) is 11.8. The van der Waals surface area contributed by atoms with Crippen LogP contribution in [0.15, 0.2) is 54.1 Å². The third kappa shape index (κ3) is 6.03. The Morgan fingerprint density at radius 3 is 2.31 bits per heavy atom. The van der Waals surface area contributed by atoms with Gasteiger partial charge in [0.25, 0.3) is 11.7 Å². The van der Waals surface area contributed by atoms with Crippen molar-refractivity contribution in [1.82, 2.24) is 9.80 Å². The van der Waals surface area contributed by atoms with Crippen molar-refractivity contribution in [1.29, 1.82) is 0 Å². The molecule has 7 heteroatoms. The number of aliphatic hydroxyl groups is 1. The van der Waals surface area contributed by atoms with Gasteiger partial charge in [0.15, 0.2) is 0 Å². The van der Waals surface area contributed by atoms with Gasteiger partial charge in [-0.05, 0) is 56.3 Å². The molecular formula is C28H36N2O5. The topological polar surface area (TPSA) is 79.3 Å². The van der Waals surface area contributed by atoms with Gasteiger partial charge < -0.3 is 24.4 Å². The molecule has 3 rings (SSSR count). The number of aliphatic hydroxyl groups excluding tert-OH is 1. The van der Waals surface area contributed by atoms with E-state index in [1.807, 2.05) is 38.1 Å². The summed E-state index contributed by atoms with van der Waals surface area (Å²) in [5.41, 5.74) is 1.27. The summed E-state index contributed by atoms with van der Waals surface area (Å²) in [5.74, 6) is -0.173. The molecule has 1 amide bonds. The van der Waals surface area contributed by atoms with E-state index in [1.54, 1.807) is 29.2 Å². The summed E-state index contributed by atoms with van der Waals surface area (Å²) in [6.07, 6.45) is 0.853. The average Bonchev–Trinajstić information content (AvgIpc) is 3.13. The minimum absolute atomic E-state index is 0.0892. The molecule has 0 radical (unpaired) electrons. The Morgan fingerprint density at radius 1 is 0.971 bits per heavy atom. The smallest absolute Gasteiger partial charge is 0.295 e. The lowest BCUT2D eigenvalue weighted by molar-refractivity contribution is -0.140. The van der Waals surface area contributed by atoms with Crippen molar-refractivity contribution in [2.24, 2.45) is 0 Å². The maximum atomic E-state index is 13.2. The number of Topliss-reactive ketones (excluding diaryl/α,β-unsaturated/α-hetero) is 1. The fourth-order valence-corrected chi connectivity index (χ4v) is 4.27. The molecule has 0 aliphatic carbocycles. The first-order valence-electron chi connectivity index (χ1n) is 12.4. The number of carbonyl (C=O) groups excluding carboxylic acids is 2. The Labute approximate surface area is 207 Å². The van der Waals surface area contributed by atoms with Crippen LogP contribution in [-0.2, 0) is 9.59 Å². The number of carbonyl (C=O) groups is 2. The van der Waals surface area contributed by atoms with Crippen molar-refractivity contribution < 1.29 is 24.2 Å². The standard InChI is InChI=1S/C28H36N2O5/c1-5-18-35-23-11-9-10-21(19-23)26(31)24-25(20-12-14-22(15-13-20)34-8-4)30(28(33)27(24)32)17-16-29(6-2)7-3/h9-15,19,25,31H,5-8,16-18H2,1-4H3. The first-order chi connectivity index (χ1) is 16.9. The number of likely N-dealkylation sites (N-methyl/N-ethyl adjacent to an activating group) is 1. The molecule has 1 unspecified atom stereocenters. The zero-order chi connectivity index (χ0) is 25.4. The molecular weight excluding hydrogens is 444 g/mol. The molecule has 188 valence electrons. The molecule has 7 nitrogen and oxygen atoms in total. The van der Waals surface area contributed by atoms with E-state index in [2.05, 4.69) is 18.7 Å². The van der Waals surface area contributed by atoms with Gasteiger partial charge in [-0.25, -0.2) is 0 Å². The second-order valence-electron chi connectivity index (χ2n) is 8.40. The molecule has 0 bridgehead atoms. The average molecular weight is 481 g/mol. The molecule has 1 saturated heterocycles. The van der Waals surface area contributed by atoms with Gasteiger partial charge in [0.1, 0.15) is 17.3 Å². The van der Waals surface area contributed by atoms with Crippen molar-refractivity contribution in [3.05, 3.63) is 65.2 Å². The Kier molecular flexibility index (Phi) is 9.32. The normalized spacial score (nSPS) is 17.3. The number of ether oxygens (including phenoxy) is 2. The first kappa shape index (κ1) is 26.3. The number of amides is 1. The van der Waals surface area contributed by atoms with E-state index in [0.29, 0.717) is 43.4 Å². The highest BCUT2D eigenvalue weighted by molar-refractivity contribution is 6.46. The fraction of sp³-hybridized carbons (Fsp3) is 0.429. The van der Waals surface area contributed by atoms with Gasteiger partial charge in [0.2, 0.25) is 0 Å². The second-order valence-corrected chi connectivity index (χ2v) is 8.40. The lowest BCUT2D eigenvalue weighted by atomic mass is 9.95. The number of benzene rings is 2. The summed E-state index contributed by atoms with van der Waals surface area (Å²) in [6, 6.07) is 13.6. The van der Waals surface area contributed by atoms with Crippen molar-refractivity contribution in [2.75, 3.05) is 39.4 Å². The molecule has 2 aromatic rings. The highest BCUT2D eigenvalue weighted by Gasteiger charge is 2.46. The van der Waals surface area contributed by atoms with Crippen LogP contribution in [0.1, 0.15) is 51.3 Å². The molecule has 1 atom stereocenters. The summed E-state index contributed by atoms with van der Waals surface area (Å²) < 4.78 is 11.3. The lowest BCUT2D eigenvalue weighted by Gasteiger charge is -2.28. The third-order valence-corrected chi connectivity index (χ3v) is 6.18. The van der Waals surface area contributed by atoms with Crippen molar-refractivity contribution in [3.63, 3.8) is 0 Å². The molecule has 1 aliphatic heterocycles. The number of ketones is 1. The van der Waals surface area contributed by atoms with Gasteiger partial charge in [-0.15, -0.1) is 0 Å². The number of rotatable bonds is 12. The van der Waals surface area contributed by atoms with Crippen LogP contribution in [0.3, 0.4) is 0 Å². The predicted molar refractivity (Wildman–Crippen MR) is 137 cm³/mol. The Hall–Kier alpha value is -3.32. The fourth-order valence-electron chi connectivity index (χ4n) is 4.27. The summed E-state index contributed by atoms with van der Waals surface area (Å²) >= 11 is 0. The minimum Gasteiger partial charge on any atom is -0.507 e. The minimum atomic E-state index is -0.693. The lowest BCUT2D eigenvalue weighted by Crippen LogP contribution is -2.38. The molecule has 1 fully saturated rings. The van der Waals surface area contributed by atoms with Crippen molar-refractivity contribution in [3.8, 4) is 11.5 Å². The van der Waals surface area contributed by atoms with E-state index in [4.69, 9.17) is 9.47 Å². The Balaban J connectivity index is 2.06. The molecule has 1 N–H and O–H groups in total. The van der Waals surface area contributed by atoms with Crippen molar-refractivity contribution in [2.45, 2.75) is 40.2 Å². The zero-order valence-corrected chi connectivity index (χ0v) is 21.1. The Morgan fingerprint density at radius 2 is 1.69 bits per heavy atom. The molecule has 0 spiro atoms. The monoisotopic (exact) mass is 480 g/mol. The van der Waals surface area contributed by atoms with Crippen molar-refractivity contribution >= 4 is 17.4 Å². The number of nitrogens with zero attached hydrogens (tertiary/aromatic N) is 2. The van der Waals surface area contributed by atoms with E-state index in [-0.39, 0.29) is 11.3 Å². The van der Waals surface area contributed by atoms with Crippen LogP contribution >= 0.6 is 0 Å². The quantitative estimate of drug-likeness (QED) is 0.271. The van der Waals surface area contributed by atoms with Gasteiger partial charge in [-0.2, -0.15) is 0 Å². The van der Waals surface area contributed by atoms with E-state index in [0.717, 1.165) is 25.1 Å². The van der Waals surface area contributed by atoms with Crippen LogP contribution in [0.2, 0.25) is 0 Å². The Bertz CT molecular complexity index is 1040. The highest BCUT2D eigenvalue weighted by atomic mass is 16.5. The summed E-state index contributed by atoms with van der Waals surface area (Å²) in [5, 5.41) is 11.3. The number of likely N-dealkylation sites (tertiary alicyclic amines) is 1. The van der Waals surface area contributed by atoms with Crippen LogP contribution in [0.5, 0.6) is 11.5 Å². The molecule has 1 aliphatic rings. The predicted octanol–water partition coefficient (Wildman–Crippen LogP) is 4.64. The van der Waals surface area contributed by atoms with Gasteiger partial charge in [-0.1, -0.05) is 45.0 Å². The maximum Gasteiger partial charge on any atom is 0.295 e. The van der Waals surface area contributed by atoms with E-state index in [9.17, 15) is 14.7 Å². The van der Waals surface area contributed by atoms with Gasteiger partial charge in [0, 0.05) is 18.7 Å². The number of hydrogen-bond acceptors (Lipinski definition) is 6. The van der Waals surface area contributed by atoms with Gasteiger partial charge in [-0.3, -0.25) is 9.59 Å². The highest BCUT2D eigenvalue weighted by Crippen LogP contribution is 2.40. The van der Waals surface area contributed by atoms with Gasteiger partial charge >= 0.3 is 0 Å². The summed E-state index contributed by atoms with van der Waals surface area (Å²) in [7, 11) is 0. The molecule has 1 heterocycles. The van der Waals surface area contributed by atoms with E-state index < -0.39 is 17.7 Å². The van der Waals surface area contributed by atoms with Crippen LogP contribution in [-0.4, -0.2) is 66.0 Å². The van der Waals surface area contributed by atoms with Crippen LogP contribution in [0, 0.1) is 0 Å². The van der Waals surface area contributed by atoms with Crippen LogP contribution < -0.4 is 9.47 Å². The summed E-state index contributed by atoms with van der Waals surface area (Å²) in [4.78, 5) is 30.2. The third-order valence-electron chi connectivity index (χ3n) is 6.18. The number of hydrogen-bond donors (Lipinski definition) is 1. The first-order valence-corrected chi connectivity index (χ1v) is 12.4. The zero-order valence-electron chi connectivity index (χ0n) is 21.1. The maximum absolute atomic E-state index is 13.2. The van der Waals surface area contributed by atoms with Gasteiger partial charge in [0.05, 0.1) is 24.8 Å². The molecule has 0 aromatic heterocycles.